The predicted molar refractivity (Wildman–Crippen MR) is 113 cm³/mol. The zero-order valence-electron chi connectivity index (χ0n) is 16.8. The Morgan fingerprint density at radius 1 is 1.03 bits per heavy atom. The van der Waals surface area contributed by atoms with E-state index in [-0.39, 0.29) is 35.5 Å². The summed E-state index contributed by atoms with van der Waals surface area (Å²) in [5.74, 6) is -1.04. The van der Waals surface area contributed by atoms with E-state index in [1.54, 1.807) is 24.3 Å². The molecular weight excluding hydrogens is 364 g/mol. The van der Waals surface area contributed by atoms with Gasteiger partial charge in [0.25, 0.3) is 5.91 Å². The van der Waals surface area contributed by atoms with Gasteiger partial charge in [-0.3, -0.25) is 19.3 Å². The third-order valence-corrected chi connectivity index (χ3v) is 6.11. The Morgan fingerprint density at radius 2 is 1.76 bits per heavy atom. The number of amides is 3. The number of anilines is 2. The molecular formula is C24H24N2O3. The van der Waals surface area contributed by atoms with Crippen LogP contribution >= 0.6 is 0 Å². The standard InChI is InChI=1S/C24H24N2O3/c1-14-6-5-9-20(16(14)3)25-22(27)17-10-12-18(13-11-17)26-23(28)19-8-4-7-15(2)21(19)24(26)29/h4-7,9-13,15,19,21H,8H2,1-3H3,(H,25,27)/t15-,19+,21+/m0/s1. The van der Waals surface area contributed by atoms with E-state index in [4.69, 9.17) is 0 Å². The van der Waals surface area contributed by atoms with Gasteiger partial charge in [0, 0.05) is 11.3 Å². The van der Waals surface area contributed by atoms with E-state index in [9.17, 15) is 14.4 Å². The molecule has 0 radical (unpaired) electrons. The zero-order valence-corrected chi connectivity index (χ0v) is 16.8. The molecule has 0 bridgehead atoms. The molecule has 3 amide bonds. The molecule has 1 aliphatic carbocycles. The van der Waals surface area contributed by atoms with Crippen LogP contribution in [0.2, 0.25) is 0 Å². The first-order chi connectivity index (χ1) is 13.9. The predicted octanol–water partition coefficient (Wildman–Crippen LogP) is 4.26. The lowest BCUT2D eigenvalue weighted by molar-refractivity contribution is -0.122. The molecule has 0 unspecified atom stereocenters. The molecule has 2 aliphatic rings. The number of fused-ring (bicyclic) bond motifs is 1. The summed E-state index contributed by atoms with van der Waals surface area (Å²) in [5, 5.41) is 2.93. The number of nitrogens with one attached hydrogen (secondary N) is 1. The zero-order chi connectivity index (χ0) is 20.7. The van der Waals surface area contributed by atoms with Gasteiger partial charge in [-0.25, -0.2) is 0 Å². The van der Waals surface area contributed by atoms with Crippen LogP contribution in [-0.2, 0) is 9.59 Å². The molecule has 5 heteroatoms. The van der Waals surface area contributed by atoms with Gasteiger partial charge in [-0.15, -0.1) is 0 Å². The number of hydrogen-bond acceptors (Lipinski definition) is 3. The van der Waals surface area contributed by atoms with Gasteiger partial charge in [-0.05, 0) is 67.6 Å². The summed E-state index contributed by atoms with van der Waals surface area (Å²) < 4.78 is 0. The summed E-state index contributed by atoms with van der Waals surface area (Å²) in [6.07, 6.45) is 4.60. The van der Waals surface area contributed by atoms with E-state index in [1.165, 1.54) is 4.90 Å². The highest BCUT2D eigenvalue weighted by Gasteiger charge is 2.50. The van der Waals surface area contributed by atoms with Gasteiger partial charge < -0.3 is 5.32 Å². The Morgan fingerprint density at radius 3 is 2.45 bits per heavy atom. The van der Waals surface area contributed by atoms with Crippen LogP contribution in [0.1, 0.15) is 34.8 Å². The summed E-state index contributed by atoms with van der Waals surface area (Å²) in [4.78, 5) is 39.6. The summed E-state index contributed by atoms with van der Waals surface area (Å²) >= 11 is 0. The number of allylic oxidation sites excluding steroid dienone is 2. The van der Waals surface area contributed by atoms with Crippen LogP contribution in [0.3, 0.4) is 0 Å². The van der Waals surface area contributed by atoms with E-state index < -0.39 is 0 Å². The van der Waals surface area contributed by atoms with Crippen molar-refractivity contribution in [1.82, 2.24) is 0 Å². The van der Waals surface area contributed by atoms with E-state index in [0.717, 1.165) is 16.8 Å². The van der Waals surface area contributed by atoms with E-state index in [1.807, 2.05) is 51.1 Å². The van der Waals surface area contributed by atoms with Crippen LogP contribution < -0.4 is 10.2 Å². The molecule has 3 atom stereocenters. The van der Waals surface area contributed by atoms with Crippen LogP contribution in [-0.4, -0.2) is 17.7 Å². The van der Waals surface area contributed by atoms with E-state index >= 15 is 0 Å². The number of nitrogens with zero attached hydrogens (tertiary/aromatic N) is 1. The minimum Gasteiger partial charge on any atom is -0.322 e. The van der Waals surface area contributed by atoms with Gasteiger partial charge in [0.1, 0.15) is 0 Å². The molecule has 1 N–H and O–H groups in total. The fourth-order valence-electron chi connectivity index (χ4n) is 4.24. The number of carbonyl (C=O) groups is 3. The molecule has 1 saturated heterocycles. The molecule has 1 fully saturated rings. The van der Waals surface area contributed by atoms with Crippen LogP contribution in [0.5, 0.6) is 0 Å². The fraction of sp³-hybridized carbons (Fsp3) is 0.292. The highest BCUT2D eigenvalue weighted by molar-refractivity contribution is 6.22. The first-order valence-corrected chi connectivity index (χ1v) is 9.90. The lowest BCUT2D eigenvalue weighted by atomic mass is 9.78. The molecule has 148 valence electrons. The Bertz CT molecular complexity index is 1020. The lowest BCUT2D eigenvalue weighted by Crippen LogP contribution is -2.31. The van der Waals surface area contributed by atoms with E-state index in [2.05, 4.69) is 5.32 Å². The second-order valence-corrected chi connectivity index (χ2v) is 7.92. The highest BCUT2D eigenvalue weighted by Crippen LogP contribution is 2.40. The SMILES string of the molecule is Cc1cccc(NC(=O)c2ccc(N3C(=O)[C@@H]4[C@@H](C)C=CC[C@H]4C3=O)cc2)c1C. The van der Waals surface area contributed by atoms with Gasteiger partial charge in [0.2, 0.25) is 11.8 Å². The van der Waals surface area contributed by atoms with Crippen LogP contribution in [0.25, 0.3) is 0 Å². The minimum absolute atomic E-state index is 0.0535. The number of hydrogen-bond donors (Lipinski definition) is 1. The van der Waals surface area contributed by atoms with Crippen LogP contribution in [0, 0.1) is 31.6 Å². The molecule has 4 rings (SSSR count). The van der Waals surface area contributed by atoms with Crippen molar-refractivity contribution in [1.29, 1.82) is 0 Å². The molecule has 1 heterocycles. The molecule has 0 spiro atoms. The molecule has 2 aromatic rings. The summed E-state index contributed by atoms with van der Waals surface area (Å²) in [5.41, 5.74) is 3.89. The average Bonchev–Trinajstić information content (AvgIpc) is 2.97. The minimum atomic E-state index is -0.292. The summed E-state index contributed by atoms with van der Waals surface area (Å²) in [6.45, 7) is 5.94. The molecule has 5 nitrogen and oxygen atoms in total. The quantitative estimate of drug-likeness (QED) is 0.631. The largest absolute Gasteiger partial charge is 0.322 e. The Labute approximate surface area is 170 Å². The van der Waals surface area contributed by atoms with Gasteiger partial charge in [-0.2, -0.15) is 0 Å². The van der Waals surface area contributed by atoms with Gasteiger partial charge in [0.15, 0.2) is 0 Å². The summed E-state index contributed by atoms with van der Waals surface area (Å²) in [6, 6.07) is 12.4. The highest BCUT2D eigenvalue weighted by atomic mass is 16.2. The summed E-state index contributed by atoms with van der Waals surface area (Å²) in [7, 11) is 0. The average molecular weight is 388 g/mol. The smallest absolute Gasteiger partial charge is 0.255 e. The van der Waals surface area contributed by atoms with Crippen LogP contribution in [0.15, 0.2) is 54.6 Å². The fourth-order valence-corrected chi connectivity index (χ4v) is 4.24. The maximum absolute atomic E-state index is 12.9. The van der Waals surface area contributed by atoms with Crippen LogP contribution in [0.4, 0.5) is 11.4 Å². The van der Waals surface area contributed by atoms with Gasteiger partial charge >= 0.3 is 0 Å². The second kappa shape index (κ2) is 7.32. The van der Waals surface area contributed by atoms with Crippen molar-refractivity contribution in [3.05, 3.63) is 71.3 Å². The first-order valence-electron chi connectivity index (χ1n) is 9.90. The third-order valence-electron chi connectivity index (χ3n) is 6.11. The first kappa shape index (κ1) is 19.1. The van der Waals surface area contributed by atoms with Gasteiger partial charge in [0.05, 0.1) is 17.5 Å². The number of carbonyl (C=O) groups excluding carboxylic acids is 3. The Balaban J connectivity index is 1.54. The topological polar surface area (TPSA) is 66.5 Å². The molecule has 0 saturated carbocycles. The van der Waals surface area contributed by atoms with Gasteiger partial charge in [-0.1, -0.05) is 31.2 Å². The molecule has 1 aliphatic heterocycles. The third kappa shape index (κ3) is 3.27. The van der Waals surface area contributed by atoms with Crippen molar-refractivity contribution in [3.8, 4) is 0 Å². The van der Waals surface area contributed by atoms with Crippen molar-refractivity contribution in [2.75, 3.05) is 10.2 Å². The molecule has 29 heavy (non-hydrogen) atoms. The number of rotatable bonds is 3. The normalized spacial score (nSPS) is 23.3. The van der Waals surface area contributed by atoms with Crippen molar-refractivity contribution in [3.63, 3.8) is 0 Å². The van der Waals surface area contributed by atoms with Crippen molar-refractivity contribution >= 4 is 29.1 Å². The Hall–Kier alpha value is -3.21. The molecule has 0 aromatic heterocycles. The van der Waals surface area contributed by atoms with Crippen molar-refractivity contribution in [2.24, 2.45) is 17.8 Å². The maximum atomic E-state index is 12.9. The maximum Gasteiger partial charge on any atom is 0.255 e. The van der Waals surface area contributed by atoms with Crippen molar-refractivity contribution < 1.29 is 14.4 Å². The molecule has 2 aromatic carbocycles. The van der Waals surface area contributed by atoms with Crippen molar-refractivity contribution in [2.45, 2.75) is 27.2 Å². The Kier molecular flexibility index (Phi) is 4.82. The monoisotopic (exact) mass is 388 g/mol. The number of benzene rings is 2. The lowest BCUT2D eigenvalue weighted by Gasteiger charge is -2.22. The number of imide groups is 1. The van der Waals surface area contributed by atoms with E-state index in [0.29, 0.717) is 17.7 Å². The second-order valence-electron chi connectivity index (χ2n) is 7.92. The number of aryl methyl sites for hydroxylation is 1.